The van der Waals surface area contributed by atoms with Crippen molar-refractivity contribution in [3.05, 3.63) is 36.9 Å². The van der Waals surface area contributed by atoms with E-state index in [0.29, 0.717) is 22.1 Å². The maximum Gasteiger partial charge on any atom is 0.151 e. The van der Waals surface area contributed by atoms with Gasteiger partial charge >= 0.3 is 0 Å². The lowest BCUT2D eigenvalue weighted by Gasteiger charge is -2.30. The first-order valence-electron chi connectivity index (χ1n) is 7.18. The van der Waals surface area contributed by atoms with E-state index in [1.807, 2.05) is 30.0 Å². The molecule has 0 spiro atoms. The van der Waals surface area contributed by atoms with Crippen LogP contribution < -0.4 is 4.90 Å². The van der Waals surface area contributed by atoms with Crippen LogP contribution in [-0.2, 0) is 0 Å². The number of phenolic OH excluding ortho intramolecular Hbond substituents is 2. The molecule has 3 rings (SSSR count). The van der Waals surface area contributed by atoms with Gasteiger partial charge in [0, 0.05) is 41.6 Å². The Morgan fingerprint density at radius 2 is 1.73 bits per heavy atom. The van der Waals surface area contributed by atoms with E-state index in [4.69, 9.17) is 0 Å². The summed E-state index contributed by atoms with van der Waals surface area (Å²) in [5.41, 5.74) is 1.01. The number of anilines is 1. The van der Waals surface area contributed by atoms with Crippen molar-refractivity contribution >= 4 is 40.1 Å². The minimum atomic E-state index is 0.0970. The lowest BCUT2D eigenvalue weighted by molar-refractivity contribution is 0.470. The van der Waals surface area contributed by atoms with Crippen LogP contribution in [0.4, 0.5) is 11.4 Å². The third-order valence-corrected chi connectivity index (χ3v) is 4.69. The van der Waals surface area contributed by atoms with Crippen molar-refractivity contribution in [1.29, 1.82) is 0 Å². The van der Waals surface area contributed by atoms with E-state index < -0.39 is 0 Å². The number of phenols is 2. The van der Waals surface area contributed by atoms with E-state index in [1.165, 1.54) is 6.21 Å². The van der Waals surface area contributed by atoms with Crippen molar-refractivity contribution in [2.24, 2.45) is 4.99 Å². The molecular weight excluding hydrogens is 296 g/mol. The van der Waals surface area contributed by atoms with Crippen LogP contribution in [0.1, 0.15) is 0 Å². The second-order valence-electron chi connectivity index (χ2n) is 5.05. The Balaban J connectivity index is 2.28. The summed E-state index contributed by atoms with van der Waals surface area (Å²) in [5, 5.41) is 22.6. The summed E-state index contributed by atoms with van der Waals surface area (Å²) in [7, 11) is 0. The molecule has 1 heterocycles. The molecule has 1 aliphatic rings. The van der Waals surface area contributed by atoms with Crippen LogP contribution in [0, 0.1) is 0 Å². The van der Waals surface area contributed by atoms with Gasteiger partial charge in [-0.3, -0.25) is 4.99 Å². The highest BCUT2D eigenvalue weighted by Gasteiger charge is 2.24. The van der Waals surface area contributed by atoms with Crippen molar-refractivity contribution in [2.45, 2.75) is 0 Å². The molecule has 4 nitrogen and oxygen atoms in total. The molecule has 2 N–H and O–H groups in total. The smallest absolute Gasteiger partial charge is 0.151 e. The van der Waals surface area contributed by atoms with Crippen LogP contribution in [0.2, 0.25) is 0 Å². The third kappa shape index (κ3) is 2.52. The number of allylic oxidation sites excluding steroid dienone is 1. The maximum absolute atomic E-state index is 10.7. The van der Waals surface area contributed by atoms with Gasteiger partial charge < -0.3 is 15.1 Å². The van der Waals surface area contributed by atoms with E-state index in [2.05, 4.69) is 16.5 Å². The Morgan fingerprint density at radius 3 is 2.36 bits per heavy atom. The zero-order chi connectivity index (χ0) is 15.5. The molecular formula is C17H18N2O2S. The molecule has 0 saturated carbocycles. The van der Waals surface area contributed by atoms with Crippen molar-refractivity contribution < 1.29 is 10.2 Å². The maximum atomic E-state index is 10.7. The summed E-state index contributed by atoms with van der Waals surface area (Å²) in [5.74, 6) is 2.27. The Morgan fingerprint density at radius 1 is 1.09 bits per heavy atom. The monoisotopic (exact) mass is 314 g/mol. The number of aromatic hydroxyl groups is 2. The number of hydrogen-bond acceptors (Lipinski definition) is 5. The topological polar surface area (TPSA) is 56.1 Å². The van der Waals surface area contributed by atoms with Crippen LogP contribution in [0.25, 0.3) is 10.8 Å². The van der Waals surface area contributed by atoms with Gasteiger partial charge in [0.05, 0.1) is 0 Å². The molecule has 5 heteroatoms. The Bertz CT molecular complexity index is 737. The fourth-order valence-electron chi connectivity index (χ4n) is 2.71. The number of thioether (sulfide) groups is 1. The number of aliphatic imine (C=N–C) groups is 1. The van der Waals surface area contributed by atoms with Crippen molar-refractivity contribution in [3.8, 4) is 11.5 Å². The van der Waals surface area contributed by atoms with E-state index in [1.54, 1.807) is 12.1 Å². The molecule has 0 bridgehead atoms. The normalized spacial score (nSPS) is 15.5. The second-order valence-corrected chi connectivity index (χ2v) is 6.28. The lowest BCUT2D eigenvalue weighted by atomic mass is 10.0. The van der Waals surface area contributed by atoms with Crippen molar-refractivity contribution in [3.63, 3.8) is 0 Å². The van der Waals surface area contributed by atoms with Gasteiger partial charge in [-0.25, -0.2) is 0 Å². The molecule has 1 saturated heterocycles. The molecule has 1 fully saturated rings. The summed E-state index contributed by atoms with van der Waals surface area (Å²) in [6.45, 7) is 5.27. The molecule has 0 radical (unpaired) electrons. The van der Waals surface area contributed by atoms with Crippen LogP contribution in [0.5, 0.6) is 11.5 Å². The highest BCUT2D eigenvalue weighted by Crippen LogP contribution is 2.50. The van der Waals surface area contributed by atoms with Crippen LogP contribution >= 0.6 is 11.8 Å². The SMILES string of the molecule is C=CC=Nc1c(N2CCSCC2)c(O)c2ccccc2c1O. The summed E-state index contributed by atoms with van der Waals surface area (Å²) in [6.07, 6.45) is 3.09. The first-order valence-corrected chi connectivity index (χ1v) is 8.34. The molecule has 2 aromatic carbocycles. The fourth-order valence-corrected chi connectivity index (χ4v) is 3.61. The predicted molar refractivity (Wildman–Crippen MR) is 95.2 cm³/mol. The second kappa shape index (κ2) is 6.32. The van der Waals surface area contributed by atoms with E-state index in [9.17, 15) is 10.2 Å². The van der Waals surface area contributed by atoms with E-state index in [-0.39, 0.29) is 11.5 Å². The van der Waals surface area contributed by atoms with Gasteiger partial charge in [-0.15, -0.1) is 0 Å². The van der Waals surface area contributed by atoms with Gasteiger partial charge in [0.2, 0.25) is 0 Å². The number of nitrogens with zero attached hydrogens (tertiary/aromatic N) is 2. The lowest BCUT2D eigenvalue weighted by Crippen LogP contribution is -2.32. The summed E-state index contributed by atoms with van der Waals surface area (Å²) in [4.78, 5) is 6.40. The van der Waals surface area contributed by atoms with Gasteiger partial charge in [-0.05, 0) is 0 Å². The number of rotatable bonds is 3. The van der Waals surface area contributed by atoms with E-state index in [0.717, 1.165) is 24.6 Å². The van der Waals surface area contributed by atoms with Gasteiger partial charge in [-0.1, -0.05) is 36.9 Å². The van der Waals surface area contributed by atoms with Crippen LogP contribution in [-0.4, -0.2) is 41.0 Å². The average molecular weight is 314 g/mol. The quantitative estimate of drug-likeness (QED) is 0.670. The summed E-state index contributed by atoms with van der Waals surface area (Å²) >= 11 is 1.89. The zero-order valence-corrected chi connectivity index (χ0v) is 13.0. The highest BCUT2D eigenvalue weighted by molar-refractivity contribution is 7.99. The largest absolute Gasteiger partial charge is 0.505 e. The first kappa shape index (κ1) is 14.8. The molecule has 0 unspecified atom stereocenters. The molecule has 22 heavy (non-hydrogen) atoms. The minimum absolute atomic E-state index is 0.0970. The highest BCUT2D eigenvalue weighted by atomic mass is 32.2. The molecule has 114 valence electrons. The fraction of sp³-hybridized carbons (Fsp3) is 0.235. The minimum Gasteiger partial charge on any atom is -0.505 e. The van der Waals surface area contributed by atoms with Crippen molar-refractivity contribution in [2.75, 3.05) is 29.5 Å². The first-order chi connectivity index (χ1) is 10.7. The Hall–Kier alpha value is -2.14. The van der Waals surface area contributed by atoms with E-state index >= 15 is 0 Å². The van der Waals surface area contributed by atoms with Gasteiger partial charge in [-0.2, -0.15) is 11.8 Å². The Labute approximate surface area is 133 Å². The van der Waals surface area contributed by atoms with Crippen LogP contribution in [0.3, 0.4) is 0 Å². The standard InChI is InChI=1S/C17H18N2O2S/c1-2-7-18-14-15(19-8-10-22-11-9-19)17(21)13-6-4-3-5-12(13)16(14)20/h2-7,20-21H,1,8-11H2. The molecule has 0 aliphatic carbocycles. The predicted octanol–water partition coefficient (Wildman–Crippen LogP) is 3.69. The summed E-state index contributed by atoms with van der Waals surface area (Å²) < 4.78 is 0. The third-order valence-electron chi connectivity index (χ3n) is 3.75. The average Bonchev–Trinajstić information content (AvgIpc) is 2.57. The number of fused-ring (bicyclic) bond motifs is 1. The molecule has 0 amide bonds. The molecule has 1 aliphatic heterocycles. The summed E-state index contributed by atoms with van der Waals surface area (Å²) in [6, 6.07) is 7.28. The number of benzene rings is 2. The molecule has 0 aromatic heterocycles. The molecule has 2 aromatic rings. The van der Waals surface area contributed by atoms with Crippen molar-refractivity contribution in [1.82, 2.24) is 0 Å². The zero-order valence-electron chi connectivity index (χ0n) is 12.2. The van der Waals surface area contributed by atoms with Gasteiger partial charge in [0.25, 0.3) is 0 Å². The van der Waals surface area contributed by atoms with Gasteiger partial charge in [0.1, 0.15) is 17.1 Å². The van der Waals surface area contributed by atoms with Crippen LogP contribution in [0.15, 0.2) is 41.9 Å². The molecule has 0 atom stereocenters. The number of hydrogen-bond donors (Lipinski definition) is 2. The van der Waals surface area contributed by atoms with Gasteiger partial charge in [0.15, 0.2) is 5.75 Å². The Kier molecular flexibility index (Phi) is 4.24.